The van der Waals surface area contributed by atoms with Gasteiger partial charge in [-0.1, -0.05) is 27.7 Å². The zero-order valence-corrected chi connectivity index (χ0v) is 13.8. The molecule has 1 atom stereocenters. The van der Waals surface area contributed by atoms with Gasteiger partial charge in [0.05, 0.1) is 12.5 Å². The standard InChI is InChI=1S/C18H24O4/c1-17(2)5-11(19)15(12(20)6-17)10-9-22-14-8-18(3,4)7-13(21)16(10)14/h10,15H,5-9H2,1-4H3. The Morgan fingerprint density at radius 2 is 1.41 bits per heavy atom. The van der Waals surface area contributed by atoms with E-state index in [-0.39, 0.29) is 34.1 Å². The zero-order chi connectivity index (χ0) is 16.3. The third kappa shape index (κ3) is 2.53. The lowest BCUT2D eigenvalue weighted by molar-refractivity contribution is -0.141. The molecule has 0 aromatic carbocycles. The highest BCUT2D eigenvalue weighted by Crippen LogP contribution is 2.47. The Hall–Kier alpha value is -1.45. The van der Waals surface area contributed by atoms with Gasteiger partial charge in [0.25, 0.3) is 0 Å². The second-order valence-corrected chi connectivity index (χ2v) is 8.62. The Balaban J connectivity index is 1.91. The van der Waals surface area contributed by atoms with Crippen LogP contribution in [0.15, 0.2) is 11.3 Å². The van der Waals surface area contributed by atoms with Crippen LogP contribution in [-0.2, 0) is 19.1 Å². The molecule has 0 saturated heterocycles. The number of carbonyl (C=O) groups excluding carboxylic acids is 3. The molecule has 120 valence electrons. The van der Waals surface area contributed by atoms with Crippen molar-refractivity contribution in [3.05, 3.63) is 11.3 Å². The molecule has 0 spiro atoms. The Bertz CT molecular complexity index is 574. The summed E-state index contributed by atoms with van der Waals surface area (Å²) in [4.78, 5) is 37.5. The minimum absolute atomic E-state index is 0.0266. The molecular weight excluding hydrogens is 280 g/mol. The first-order valence-electron chi connectivity index (χ1n) is 8.04. The Kier molecular flexibility index (Phi) is 3.35. The fourth-order valence-corrected chi connectivity index (χ4v) is 4.21. The van der Waals surface area contributed by atoms with Crippen LogP contribution >= 0.6 is 0 Å². The molecule has 1 heterocycles. The Labute approximate surface area is 131 Å². The summed E-state index contributed by atoms with van der Waals surface area (Å²) in [5.41, 5.74) is 0.263. The normalized spacial score (nSPS) is 31.3. The van der Waals surface area contributed by atoms with E-state index in [1.54, 1.807) is 0 Å². The van der Waals surface area contributed by atoms with Gasteiger partial charge in [-0.15, -0.1) is 0 Å². The van der Waals surface area contributed by atoms with E-state index in [0.717, 1.165) is 5.76 Å². The van der Waals surface area contributed by atoms with E-state index in [1.165, 1.54) is 0 Å². The van der Waals surface area contributed by atoms with Gasteiger partial charge in [0.15, 0.2) is 5.78 Å². The molecule has 1 aliphatic heterocycles. The van der Waals surface area contributed by atoms with Crippen LogP contribution in [0.4, 0.5) is 0 Å². The van der Waals surface area contributed by atoms with Crippen molar-refractivity contribution in [2.24, 2.45) is 22.7 Å². The zero-order valence-electron chi connectivity index (χ0n) is 13.8. The average molecular weight is 304 g/mol. The first-order valence-corrected chi connectivity index (χ1v) is 8.04. The van der Waals surface area contributed by atoms with Crippen LogP contribution in [0.25, 0.3) is 0 Å². The predicted octanol–water partition coefficient (Wildman–Crippen LogP) is 2.85. The molecule has 1 unspecified atom stereocenters. The van der Waals surface area contributed by atoms with E-state index in [9.17, 15) is 14.4 Å². The summed E-state index contributed by atoms with van der Waals surface area (Å²) in [6, 6.07) is 0. The molecular formula is C18H24O4. The average Bonchev–Trinajstić information content (AvgIpc) is 2.68. The van der Waals surface area contributed by atoms with Crippen LogP contribution in [0, 0.1) is 22.7 Å². The van der Waals surface area contributed by atoms with Gasteiger partial charge in [0.2, 0.25) is 0 Å². The van der Waals surface area contributed by atoms with Crippen molar-refractivity contribution in [1.29, 1.82) is 0 Å². The monoisotopic (exact) mass is 304 g/mol. The maximum Gasteiger partial charge on any atom is 0.163 e. The number of rotatable bonds is 1. The molecule has 0 amide bonds. The summed E-state index contributed by atoms with van der Waals surface area (Å²) in [6.45, 7) is 8.29. The van der Waals surface area contributed by atoms with Crippen molar-refractivity contribution in [1.82, 2.24) is 0 Å². The molecule has 2 aliphatic carbocycles. The highest BCUT2D eigenvalue weighted by molar-refractivity contribution is 6.08. The molecule has 0 aromatic rings. The third-order valence-corrected chi connectivity index (χ3v) is 5.09. The van der Waals surface area contributed by atoms with E-state index in [1.807, 2.05) is 27.7 Å². The fourth-order valence-electron chi connectivity index (χ4n) is 4.21. The van der Waals surface area contributed by atoms with E-state index < -0.39 is 5.92 Å². The van der Waals surface area contributed by atoms with E-state index in [4.69, 9.17) is 4.74 Å². The largest absolute Gasteiger partial charge is 0.497 e. The lowest BCUT2D eigenvalue weighted by Crippen LogP contribution is -2.43. The topological polar surface area (TPSA) is 60.4 Å². The molecule has 22 heavy (non-hydrogen) atoms. The maximum atomic E-state index is 12.5. The summed E-state index contributed by atoms with van der Waals surface area (Å²) >= 11 is 0. The number of hydrogen-bond acceptors (Lipinski definition) is 4. The van der Waals surface area contributed by atoms with E-state index in [0.29, 0.717) is 37.9 Å². The first kappa shape index (κ1) is 15.4. The molecule has 3 rings (SSSR count). The number of Topliss-reactive ketones (excluding diaryl/α,β-unsaturated/α-hetero) is 3. The molecule has 0 N–H and O–H groups in total. The van der Waals surface area contributed by atoms with Crippen LogP contribution in [0.1, 0.15) is 53.4 Å². The van der Waals surface area contributed by atoms with Gasteiger partial charge in [0.1, 0.15) is 17.3 Å². The minimum atomic E-state index is -0.675. The molecule has 4 nitrogen and oxygen atoms in total. The van der Waals surface area contributed by atoms with E-state index >= 15 is 0 Å². The van der Waals surface area contributed by atoms with Gasteiger partial charge in [-0.3, -0.25) is 14.4 Å². The maximum absolute atomic E-state index is 12.5. The summed E-state index contributed by atoms with van der Waals surface area (Å²) in [7, 11) is 0. The van der Waals surface area contributed by atoms with Crippen molar-refractivity contribution < 1.29 is 19.1 Å². The molecule has 0 aromatic heterocycles. The van der Waals surface area contributed by atoms with Crippen molar-refractivity contribution >= 4 is 17.3 Å². The Morgan fingerprint density at radius 1 is 0.864 bits per heavy atom. The summed E-state index contributed by atoms with van der Waals surface area (Å²) in [6.07, 6.45) is 1.99. The second kappa shape index (κ2) is 4.77. The fraction of sp³-hybridized carbons (Fsp3) is 0.722. The SMILES string of the molecule is CC1(C)CC(=O)C(C2COC3=C2C(=O)CC(C)(C)C3)C(=O)C1. The quantitative estimate of drug-likeness (QED) is 0.699. The van der Waals surface area contributed by atoms with Crippen LogP contribution in [-0.4, -0.2) is 24.0 Å². The van der Waals surface area contributed by atoms with Crippen molar-refractivity contribution in [3.63, 3.8) is 0 Å². The van der Waals surface area contributed by atoms with Gasteiger partial charge in [-0.25, -0.2) is 0 Å². The van der Waals surface area contributed by atoms with Gasteiger partial charge in [0, 0.05) is 37.2 Å². The van der Waals surface area contributed by atoms with Crippen molar-refractivity contribution in [2.45, 2.75) is 53.4 Å². The minimum Gasteiger partial charge on any atom is -0.497 e. The number of hydrogen-bond donors (Lipinski definition) is 0. The van der Waals surface area contributed by atoms with Crippen molar-refractivity contribution in [3.8, 4) is 0 Å². The van der Waals surface area contributed by atoms with Crippen molar-refractivity contribution in [2.75, 3.05) is 6.61 Å². The molecule has 0 bridgehead atoms. The summed E-state index contributed by atoms with van der Waals surface area (Å²) < 4.78 is 5.73. The smallest absolute Gasteiger partial charge is 0.163 e. The molecule has 0 radical (unpaired) electrons. The van der Waals surface area contributed by atoms with Crippen LogP contribution in [0.2, 0.25) is 0 Å². The highest BCUT2D eigenvalue weighted by atomic mass is 16.5. The summed E-state index contributed by atoms with van der Waals surface area (Å²) in [5.74, 6) is -0.307. The van der Waals surface area contributed by atoms with Crippen LogP contribution < -0.4 is 0 Å². The molecule has 1 fully saturated rings. The van der Waals surface area contributed by atoms with Gasteiger partial charge in [-0.05, 0) is 10.8 Å². The molecule has 1 saturated carbocycles. The lowest BCUT2D eigenvalue weighted by atomic mass is 9.65. The third-order valence-electron chi connectivity index (χ3n) is 5.09. The van der Waals surface area contributed by atoms with Gasteiger partial charge >= 0.3 is 0 Å². The Morgan fingerprint density at radius 3 is 2.00 bits per heavy atom. The number of carbonyl (C=O) groups is 3. The number of ether oxygens (including phenoxy) is 1. The van der Waals surface area contributed by atoms with E-state index in [2.05, 4.69) is 0 Å². The summed E-state index contributed by atoms with van der Waals surface area (Å²) in [5, 5.41) is 0. The first-order chi connectivity index (χ1) is 10.1. The predicted molar refractivity (Wildman–Crippen MR) is 81.0 cm³/mol. The van der Waals surface area contributed by atoms with Crippen LogP contribution in [0.5, 0.6) is 0 Å². The molecule has 3 aliphatic rings. The van der Waals surface area contributed by atoms with Crippen LogP contribution in [0.3, 0.4) is 0 Å². The lowest BCUT2D eigenvalue weighted by Gasteiger charge is -2.35. The molecule has 4 heteroatoms. The second-order valence-electron chi connectivity index (χ2n) is 8.62. The number of allylic oxidation sites excluding steroid dienone is 1. The van der Waals surface area contributed by atoms with Gasteiger partial charge in [-0.2, -0.15) is 0 Å². The van der Waals surface area contributed by atoms with Gasteiger partial charge < -0.3 is 4.74 Å². The highest BCUT2D eigenvalue weighted by Gasteiger charge is 2.50. The number of ketones is 3.